The first-order valence-electron chi connectivity index (χ1n) is 5.27. The minimum atomic E-state index is -1.09. The van der Waals surface area contributed by atoms with Crippen molar-refractivity contribution in [3.05, 3.63) is 29.3 Å². The fourth-order valence-corrected chi connectivity index (χ4v) is 1.32. The van der Waals surface area contributed by atoms with Gasteiger partial charge in [-0.3, -0.25) is 0 Å². The number of hydrogen-bond donors (Lipinski definition) is 1. The van der Waals surface area contributed by atoms with E-state index in [2.05, 4.69) is 0 Å². The van der Waals surface area contributed by atoms with Crippen LogP contribution in [0.3, 0.4) is 0 Å². The smallest absolute Gasteiger partial charge is 0.339 e. The average Bonchev–Trinajstić information content (AvgIpc) is 2.29. The van der Waals surface area contributed by atoms with E-state index in [1.807, 2.05) is 0 Å². The van der Waals surface area contributed by atoms with Crippen LogP contribution < -0.4 is 4.74 Å². The summed E-state index contributed by atoms with van der Waals surface area (Å²) in [6.45, 7) is 4.03. The van der Waals surface area contributed by atoms with E-state index in [1.54, 1.807) is 13.8 Å². The standard InChI is InChI=1S/C12H14O5/c1-3-16-10-7-8(12(15)17-4-2)5-6-9(10)11(13)14/h5-7H,3-4H2,1-2H3,(H,13,14). The van der Waals surface area contributed by atoms with Crippen LogP contribution in [0.5, 0.6) is 5.75 Å². The highest BCUT2D eigenvalue weighted by Crippen LogP contribution is 2.21. The molecule has 0 heterocycles. The van der Waals surface area contributed by atoms with Gasteiger partial charge < -0.3 is 14.6 Å². The lowest BCUT2D eigenvalue weighted by Gasteiger charge is -2.09. The molecule has 0 aliphatic carbocycles. The summed E-state index contributed by atoms with van der Waals surface area (Å²) in [5.74, 6) is -1.42. The third-order valence-electron chi connectivity index (χ3n) is 2.02. The highest BCUT2D eigenvalue weighted by molar-refractivity contribution is 5.95. The Bertz CT molecular complexity index is 425. The number of carbonyl (C=O) groups is 2. The van der Waals surface area contributed by atoms with Gasteiger partial charge in [0.05, 0.1) is 18.8 Å². The normalized spacial score (nSPS) is 9.76. The maximum Gasteiger partial charge on any atom is 0.339 e. The van der Waals surface area contributed by atoms with E-state index < -0.39 is 11.9 Å². The minimum absolute atomic E-state index is 0.0277. The first kappa shape index (κ1) is 13.0. The molecule has 0 saturated heterocycles. The number of benzene rings is 1. The molecule has 0 radical (unpaired) electrons. The highest BCUT2D eigenvalue weighted by Gasteiger charge is 2.15. The third kappa shape index (κ3) is 3.21. The Hall–Kier alpha value is -2.04. The maximum atomic E-state index is 11.5. The maximum absolute atomic E-state index is 11.5. The molecule has 0 spiro atoms. The van der Waals surface area contributed by atoms with Gasteiger partial charge in [0.1, 0.15) is 11.3 Å². The van der Waals surface area contributed by atoms with Crippen LogP contribution in [-0.4, -0.2) is 30.3 Å². The minimum Gasteiger partial charge on any atom is -0.493 e. The van der Waals surface area contributed by atoms with E-state index in [1.165, 1.54) is 18.2 Å². The zero-order valence-corrected chi connectivity index (χ0v) is 9.73. The van der Waals surface area contributed by atoms with Crippen LogP contribution >= 0.6 is 0 Å². The number of carboxylic acids is 1. The summed E-state index contributed by atoms with van der Waals surface area (Å²) in [6.07, 6.45) is 0. The van der Waals surface area contributed by atoms with Crippen LogP contribution in [0.1, 0.15) is 34.6 Å². The Morgan fingerprint density at radius 2 is 1.94 bits per heavy atom. The molecule has 92 valence electrons. The van der Waals surface area contributed by atoms with Crippen LogP contribution in [0.25, 0.3) is 0 Å². The average molecular weight is 238 g/mol. The van der Waals surface area contributed by atoms with E-state index >= 15 is 0 Å². The number of carbonyl (C=O) groups excluding carboxylic acids is 1. The van der Waals surface area contributed by atoms with Crippen molar-refractivity contribution in [3.63, 3.8) is 0 Å². The number of ether oxygens (including phenoxy) is 2. The molecule has 5 nitrogen and oxygen atoms in total. The fourth-order valence-electron chi connectivity index (χ4n) is 1.32. The number of esters is 1. The van der Waals surface area contributed by atoms with Crippen molar-refractivity contribution in [1.29, 1.82) is 0 Å². The first-order chi connectivity index (χ1) is 8.10. The largest absolute Gasteiger partial charge is 0.493 e. The lowest BCUT2D eigenvalue weighted by atomic mass is 10.1. The molecule has 0 fully saturated rings. The number of rotatable bonds is 5. The summed E-state index contributed by atoms with van der Waals surface area (Å²) in [4.78, 5) is 22.4. The van der Waals surface area contributed by atoms with E-state index in [4.69, 9.17) is 14.6 Å². The van der Waals surface area contributed by atoms with Gasteiger partial charge >= 0.3 is 11.9 Å². The summed E-state index contributed by atoms with van der Waals surface area (Å²) in [5, 5.41) is 8.93. The second-order valence-corrected chi connectivity index (χ2v) is 3.17. The van der Waals surface area contributed by atoms with Gasteiger partial charge in [-0.2, -0.15) is 0 Å². The Kier molecular flexibility index (Phi) is 4.51. The van der Waals surface area contributed by atoms with Gasteiger partial charge in [-0.25, -0.2) is 9.59 Å². The molecule has 0 amide bonds. The van der Waals surface area contributed by atoms with Gasteiger partial charge in [-0.1, -0.05) is 0 Å². The van der Waals surface area contributed by atoms with Gasteiger partial charge in [0.2, 0.25) is 0 Å². The van der Waals surface area contributed by atoms with Crippen LogP contribution in [-0.2, 0) is 4.74 Å². The molecule has 1 aromatic carbocycles. The van der Waals surface area contributed by atoms with Crippen molar-refractivity contribution < 1.29 is 24.2 Å². The van der Waals surface area contributed by atoms with Crippen molar-refractivity contribution in [3.8, 4) is 5.75 Å². The molecule has 0 bridgehead atoms. The molecular weight excluding hydrogens is 224 g/mol. The van der Waals surface area contributed by atoms with Crippen molar-refractivity contribution in [1.82, 2.24) is 0 Å². The van der Waals surface area contributed by atoms with Crippen LogP contribution in [0.2, 0.25) is 0 Å². The first-order valence-corrected chi connectivity index (χ1v) is 5.27. The zero-order chi connectivity index (χ0) is 12.8. The number of aromatic carboxylic acids is 1. The van der Waals surface area contributed by atoms with Crippen molar-refractivity contribution >= 4 is 11.9 Å². The van der Waals surface area contributed by atoms with Gasteiger partial charge in [0, 0.05) is 0 Å². The molecule has 1 aromatic rings. The molecular formula is C12H14O5. The van der Waals surface area contributed by atoms with E-state index in [-0.39, 0.29) is 23.5 Å². The molecule has 0 unspecified atom stereocenters. The third-order valence-corrected chi connectivity index (χ3v) is 2.02. The molecule has 0 atom stereocenters. The lowest BCUT2D eigenvalue weighted by Crippen LogP contribution is -2.08. The summed E-state index contributed by atoms with van der Waals surface area (Å²) >= 11 is 0. The molecule has 0 aliphatic heterocycles. The molecule has 17 heavy (non-hydrogen) atoms. The van der Waals surface area contributed by atoms with Gasteiger partial charge in [-0.15, -0.1) is 0 Å². The summed E-state index contributed by atoms with van der Waals surface area (Å²) in [5.41, 5.74) is 0.306. The number of carboxylic acid groups (broad SMARTS) is 1. The molecule has 5 heteroatoms. The molecule has 1 N–H and O–H groups in total. The molecule has 0 aliphatic rings. The second kappa shape index (κ2) is 5.89. The lowest BCUT2D eigenvalue weighted by molar-refractivity contribution is 0.0524. The second-order valence-electron chi connectivity index (χ2n) is 3.17. The predicted molar refractivity (Wildman–Crippen MR) is 60.5 cm³/mol. The Labute approximate surface area is 99.0 Å². The Balaban J connectivity index is 3.09. The van der Waals surface area contributed by atoms with Crippen molar-refractivity contribution in [2.45, 2.75) is 13.8 Å². The van der Waals surface area contributed by atoms with Gasteiger partial charge in [-0.05, 0) is 32.0 Å². The molecule has 1 rings (SSSR count). The van der Waals surface area contributed by atoms with Gasteiger partial charge in [0.25, 0.3) is 0 Å². The van der Waals surface area contributed by atoms with Gasteiger partial charge in [0.15, 0.2) is 0 Å². The zero-order valence-electron chi connectivity index (χ0n) is 9.73. The van der Waals surface area contributed by atoms with E-state index in [9.17, 15) is 9.59 Å². The van der Waals surface area contributed by atoms with Crippen LogP contribution in [0.15, 0.2) is 18.2 Å². The van der Waals surface area contributed by atoms with Crippen molar-refractivity contribution in [2.75, 3.05) is 13.2 Å². The van der Waals surface area contributed by atoms with E-state index in [0.717, 1.165) is 0 Å². The Morgan fingerprint density at radius 1 is 1.24 bits per heavy atom. The quantitative estimate of drug-likeness (QED) is 0.794. The van der Waals surface area contributed by atoms with Crippen LogP contribution in [0, 0.1) is 0 Å². The predicted octanol–water partition coefficient (Wildman–Crippen LogP) is 1.96. The highest BCUT2D eigenvalue weighted by atomic mass is 16.5. The number of hydrogen-bond acceptors (Lipinski definition) is 4. The summed E-state index contributed by atoms with van der Waals surface area (Å²) in [7, 11) is 0. The SMILES string of the molecule is CCOC(=O)c1ccc(C(=O)O)c(OCC)c1. The van der Waals surface area contributed by atoms with Crippen molar-refractivity contribution in [2.24, 2.45) is 0 Å². The van der Waals surface area contributed by atoms with Crippen LogP contribution in [0.4, 0.5) is 0 Å². The topological polar surface area (TPSA) is 72.8 Å². The summed E-state index contributed by atoms with van der Waals surface area (Å²) < 4.78 is 10.00. The van der Waals surface area contributed by atoms with E-state index in [0.29, 0.717) is 6.61 Å². The fraction of sp³-hybridized carbons (Fsp3) is 0.333. The summed E-state index contributed by atoms with van der Waals surface area (Å²) in [6, 6.07) is 4.12. The monoisotopic (exact) mass is 238 g/mol. The molecule has 0 saturated carbocycles. The Morgan fingerprint density at radius 3 is 2.47 bits per heavy atom. The molecule has 0 aromatic heterocycles.